The van der Waals surface area contributed by atoms with E-state index in [9.17, 15) is 0 Å². The van der Waals surface area contributed by atoms with Crippen LogP contribution in [0.25, 0.3) is 24.4 Å². The Morgan fingerprint density at radius 3 is 2.65 bits per heavy atom. The van der Waals surface area contributed by atoms with Crippen molar-refractivity contribution in [2.24, 2.45) is 4.99 Å². The van der Waals surface area contributed by atoms with Gasteiger partial charge in [-0.1, -0.05) is 44.2 Å². The minimum atomic E-state index is 0.869. The third kappa shape index (κ3) is 4.67. The monoisotopic (exact) mass is 325 g/mol. The van der Waals surface area contributed by atoms with Crippen molar-refractivity contribution in [3.8, 4) is 5.75 Å². The van der Waals surface area contributed by atoms with E-state index in [-0.39, 0.29) is 0 Å². The minimum absolute atomic E-state index is 0.869. The van der Waals surface area contributed by atoms with Crippen LogP contribution in [0.5, 0.6) is 5.75 Å². The first kappa shape index (κ1) is 17.2. The van der Waals surface area contributed by atoms with E-state index in [0.717, 1.165) is 45.2 Å². The molecule has 0 aliphatic carbocycles. The summed E-state index contributed by atoms with van der Waals surface area (Å²) in [6.45, 7) is 8.41. The van der Waals surface area contributed by atoms with E-state index in [1.807, 2.05) is 37.4 Å². The SMILES string of the molecule is C=c1c(/C=C/c2ccc(OC)cc2)cs/c1=C(C)/N=C\CCC. The molecule has 23 heavy (non-hydrogen) atoms. The van der Waals surface area contributed by atoms with Gasteiger partial charge in [0, 0.05) is 6.21 Å². The van der Waals surface area contributed by atoms with Gasteiger partial charge in [-0.3, -0.25) is 4.99 Å². The van der Waals surface area contributed by atoms with Gasteiger partial charge in [-0.25, -0.2) is 0 Å². The zero-order valence-electron chi connectivity index (χ0n) is 14.0. The molecular formula is C20H23NOS. The third-order valence-corrected chi connectivity index (χ3v) is 4.68. The maximum absolute atomic E-state index is 5.17. The Hall–Kier alpha value is -2.13. The molecule has 1 aromatic heterocycles. The number of hydrogen-bond donors (Lipinski definition) is 0. The second kappa shape index (κ2) is 8.49. The lowest BCUT2D eigenvalue weighted by Crippen LogP contribution is -2.20. The van der Waals surface area contributed by atoms with Gasteiger partial charge >= 0.3 is 0 Å². The third-order valence-electron chi connectivity index (χ3n) is 3.53. The molecule has 120 valence electrons. The lowest BCUT2D eigenvalue weighted by atomic mass is 10.1. The van der Waals surface area contributed by atoms with E-state index in [1.54, 1.807) is 18.4 Å². The molecular weight excluding hydrogens is 302 g/mol. The van der Waals surface area contributed by atoms with Crippen molar-refractivity contribution in [1.82, 2.24) is 0 Å². The van der Waals surface area contributed by atoms with Gasteiger partial charge < -0.3 is 4.74 Å². The lowest BCUT2D eigenvalue weighted by molar-refractivity contribution is 0.415. The average molecular weight is 325 g/mol. The van der Waals surface area contributed by atoms with Crippen LogP contribution in [-0.4, -0.2) is 13.3 Å². The van der Waals surface area contributed by atoms with Crippen LogP contribution in [0.1, 0.15) is 37.8 Å². The van der Waals surface area contributed by atoms with E-state index >= 15 is 0 Å². The van der Waals surface area contributed by atoms with Crippen molar-refractivity contribution in [2.45, 2.75) is 26.7 Å². The summed E-state index contributed by atoms with van der Waals surface area (Å²) in [4.78, 5) is 4.52. The molecule has 0 aliphatic heterocycles. The molecule has 0 saturated heterocycles. The van der Waals surface area contributed by atoms with Crippen molar-refractivity contribution in [3.63, 3.8) is 0 Å². The Labute approximate surface area is 142 Å². The number of nitrogens with zero attached hydrogens (tertiary/aromatic N) is 1. The van der Waals surface area contributed by atoms with E-state index < -0.39 is 0 Å². The molecule has 0 amide bonds. The Bertz CT molecular complexity index is 797. The first-order valence-electron chi connectivity index (χ1n) is 7.77. The molecule has 0 spiro atoms. The van der Waals surface area contributed by atoms with Gasteiger partial charge in [-0.15, -0.1) is 11.3 Å². The summed E-state index contributed by atoms with van der Waals surface area (Å²) in [5.41, 5.74) is 3.32. The van der Waals surface area contributed by atoms with Crippen molar-refractivity contribution < 1.29 is 4.74 Å². The van der Waals surface area contributed by atoms with Gasteiger partial charge in [0.25, 0.3) is 0 Å². The summed E-state index contributed by atoms with van der Waals surface area (Å²) in [6, 6.07) is 8.00. The van der Waals surface area contributed by atoms with E-state index in [2.05, 4.69) is 36.0 Å². The number of benzene rings is 1. The molecule has 0 unspecified atom stereocenters. The van der Waals surface area contributed by atoms with Gasteiger partial charge in [-0.05, 0) is 47.2 Å². The van der Waals surface area contributed by atoms with Crippen LogP contribution in [0.3, 0.4) is 0 Å². The average Bonchev–Trinajstić information content (AvgIpc) is 2.94. The van der Waals surface area contributed by atoms with E-state index in [1.165, 1.54) is 0 Å². The second-order valence-electron chi connectivity index (χ2n) is 5.29. The maximum Gasteiger partial charge on any atom is 0.118 e. The summed E-state index contributed by atoms with van der Waals surface area (Å²) in [5.74, 6) is 0.869. The minimum Gasteiger partial charge on any atom is -0.497 e. The number of thiophene rings is 1. The van der Waals surface area contributed by atoms with Gasteiger partial charge in [-0.2, -0.15) is 0 Å². The molecule has 2 rings (SSSR count). The van der Waals surface area contributed by atoms with E-state index in [0.29, 0.717) is 0 Å². The van der Waals surface area contributed by atoms with Crippen LogP contribution in [-0.2, 0) is 0 Å². The van der Waals surface area contributed by atoms with Crippen LogP contribution in [0.15, 0.2) is 34.6 Å². The largest absolute Gasteiger partial charge is 0.497 e. The molecule has 0 atom stereocenters. The molecule has 2 aromatic rings. The van der Waals surface area contributed by atoms with E-state index in [4.69, 9.17) is 4.74 Å². The summed E-state index contributed by atoms with van der Waals surface area (Å²) in [7, 11) is 1.68. The molecule has 2 nitrogen and oxygen atoms in total. The van der Waals surface area contributed by atoms with Crippen LogP contribution < -0.4 is 14.5 Å². The fraction of sp³-hybridized carbons (Fsp3) is 0.250. The molecule has 1 heterocycles. The highest BCUT2D eigenvalue weighted by Crippen LogP contribution is 2.13. The number of methoxy groups -OCH3 is 1. The smallest absolute Gasteiger partial charge is 0.118 e. The summed E-state index contributed by atoms with van der Waals surface area (Å²) in [5, 5.41) is 3.18. The lowest BCUT2D eigenvalue weighted by Gasteiger charge is -1.98. The van der Waals surface area contributed by atoms with Crippen molar-refractivity contribution >= 4 is 42.0 Å². The summed E-state index contributed by atoms with van der Waals surface area (Å²) in [6.07, 6.45) is 8.32. The molecule has 0 N–H and O–H groups in total. The normalized spacial score (nSPS) is 13.0. The summed E-state index contributed by atoms with van der Waals surface area (Å²) < 4.78 is 6.33. The molecule has 0 saturated carbocycles. The zero-order valence-corrected chi connectivity index (χ0v) is 14.8. The number of ether oxygens (including phenoxy) is 1. The van der Waals surface area contributed by atoms with Crippen LogP contribution >= 0.6 is 11.3 Å². The first-order chi connectivity index (χ1) is 11.2. The standard InChI is InChI=1S/C20H23NOS/c1-5-6-13-21-16(3)20-15(2)18(14-23-20)10-7-17-8-11-19(22-4)12-9-17/h7-14H,2,5-6H2,1,3-4H3/b10-7+,20-16+,21-13-. The number of rotatable bonds is 6. The van der Waals surface area contributed by atoms with Gasteiger partial charge in [0.15, 0.2) is 0 Å². The van der Waals surface area contributed by atoms with Crippen LogP contribution in [0.4, 0.5) is 0 Å². The van der Waals surface area contributed by atoms with Crippen molar-refractivity contribution in [3.05, 3.63) is 50.5 Å². The number of hydrogen-bond acceptors (Lipinski definition) is 3. The quantitative estimate of drug-likeness (QED) is 0.724. The molecule has 0 aliphatic rings. The highest BCUT2D eigenvalue weighted by atomic mass is 32.1. The highest BCUT2D eigenvalue weighted by molar-refractivity contribution is 7.08. The van der Waals surface area contributed by atoms with Crippen molar-refractivity contribution in [1.29, 1.82) is 0 Å². The second-order valence-corrected chi connectivity index (χ2v) is 6.17. The first-order valence-corrected chi connectivity index (χ1v) is 8.65. The Kier molecular flexibility index (Phi) is 6.36. The molecule has 1 aromatic carbocycles. The topological polar surface area (TPSA) is 21.6 Å². The molecule has 0 bridgehead atoms. The molecule has 0 radical (unpaired) electrons. The fourth-order valence-corrected chi connectivity index (χ4v) is 3.08. The van der Waals surface area contributed by atoms with Gasteiger partial charge in [0.2, 0.25) is 0 Å². The predicted octanol–water partition coefficient (Wildman–Crippen LogP) is 4.34. The fourth-order valence-electron chi connectivity index (χ4n) is 2.13. The van der Waals surface area contributed by atoms with Gasteiger partial charge in [0.05, 0.1) is 17.3 Å². The van der Waals surface area contributed by atoms with Gasteiger partial charge in [0.1, 0.15) is 5.75 Å². The Morgan fingerprint density at radius 1 is 1.26 bits per heavy atom. The van der Waals surface area contributed by atoms with Crippen molar-refractivity contribution in [2.75, 3.05) is 7.11 Å². The Balaban J connectivity index is 2.23. The Morgan fingerprint density at radius 2 is 2.00 bits per heavy atom. The predicted molar refractivity (Wildman–Crippen MR) is 103 cm³/mol. The maximum atomic E-state index is 5.17. The molecule has 3 heteroatoms. The number of aliphatic imine (C=N–C) groups is 1. The zero-order chi connectivity index (χ0) is 16.7. The molecule has 0 fully saturated rings. The number of unbranched alkanes of at least 4 members (excludes halogenated alkanes) is 1. The van der Waals surface area contributed by atoms with Crippen LogP contribution in [0.2, 0.25) is 0 Å². The highest BCUT2D eigenvalue weighted by Gasteiger charge is 1.98. The summed E-state index contributed by atoms with van der Waals surface area (Å²) >= 11 is 1.70. The van der Waals surface area contributed by atoms with Crippen LogP contribution in [0, 0.1) is 0 Å².